The summed E-state index contributed by atoms with van der Waals surface area (Å²) in [5, 5.41) is 8.69. The quantitative estimate of drug-likeness (QED) is 0.192. The molecule has 2 aliphatic rings. The minimum Gasteiger partial charge on any atom is -0.382 e. The molecule has 1 aromatic carbocycles. The summed E-state index contributed by atoms with van der Waals surface area (Å²) in [6.07, 6.45) is 13.5. The predicted molar refractivity (Wildman–Crippen MR) is 183 cm³/mol. The Balaban J connectivity index is 1.11. The second-order valence-corrected chi connectivity index (χ2v) is 14.9. The lowest BCUT2D eigenvalue weighted by Crippen LogP contribution is -2.25. The smallest absolute Gasteiger partial charge is 0.175 e. The van der Waals surface area contributed by atoms with E-state index < -0.39 is 0 Å². The number of rotatable bonds is 9. The summed E-state index contributed by atoms with van der Waals surface area (Å²) in [6, 6.07) is 14.3. The van der Waals surface area contributed by atoms with E-state index in [0.29, 0.717) is 21.9 Å². The lowest BCUT2D eigenvalue weighted by molar-refractivity contribution is 0.182. The molecule has 7 heteroatoms. The standard InChI is InChI=1S/C37H45ClN6/c1-24-7-13-30-27(15-17-37(24,30)5)16-18-40-32-19-31(38)34(43-35(32)39-6)28-10-8-26(9-11-28)29-12-14-33(41-22-29)44-23-25(21-42-44)20-36(2,3)4/h8-12,14,19,21-24,27,30,40H,6-7,13,15-18,20H2,1-5H3/t24?,27?,30-,37-/m1/s1. The average Bonchev–Trinajstić information content (AvgIpc) is 3.67. The van der Waals surface area contributed by atoms with Gasteiger partial charge in [-0.05, 0) is 103 Å². The largest absolute Gasteiger partial charge is 0.382 e. The number of halogens is 1. The first-order valence-electron chi connectivity index (χ1n) is 16.1. The number of aliphatic imine (C=N–C) groups is 1. The molecule has 2 saturated carbocycles. The summed E-state index contributed by atoms with van der Waals surface area (Å²) in [4.78, 5) is 13.7. The Morgan fingerprint density at radius 3 is 2.50 bits per heavy atom. The van der Waals surface area contributed by atoms with Gasteiger partial charge in [-0.1, -0.05) is 70.5 Å². The van der Waals surface area contributed by atoms with Crippen LogP contribution >= 0.6 is 11.6 Å². The monoisotopic (exact) mass is 608 g/mol. The second kappa shape index (κ2) is 12.1. The van der Waals surface area contributed by atoms with Gasteiger partial charge < -0.3 is 5.32 Å². The summed E-state index contributed by atoms with van der Waals surface area (Å²) >= 11 is 6.79. The Hall–Kier alpha value is -3.51. The van der Waals surface area contributed by atoms with Crippen LogP contribution in [-0.2, 0) is 6.42 Å². The molecule has 3 aromatic heterocycles. The zero-order chi connectivity index (χ0) is 31.1. The zero-order valence-electron chi connectivity index (χ0n) is 26.8. The maximum absolute atomic E-state index is 6.79. The third-order valence-corrected chi connectivity index (χ3v) is 10.6. The van der Waals surface area contributed by atoms with Crippen LogP contribution in [0.2, 0.25) is 5.02 Å². The molecule has 0 spiro atoms. The van der Waals surface area contributed by atoms with Gasteiger partial charge in [0, 0.05) is 30.1 Å². The van der Waals surface area contributed by atoms with Gasteiger partial charge in [-0.3, -0.25) is 0 Å². The minimum absolute atomic E-state index is 0.214. The number of nitrogens with one attached hydrogen (secondary N) is 1. The molecule has 0 amide bonds. The van der Waals surface area contributed by atoms with Gasteiger partial charge in [0.15, 0.2) is 11.6 Å². The van der Waals surface area contributed by atoms with Gasteiger partial charge in [0.05, 0.1) is 22.6 Å². The molecule has 4 atom stereocenters. The van der Waals surface area contributed by atoms with Gasteiger partial charge in [-0.25, -0.2) is 19.6 Å². The lowest BCUT2D eigenvalue weighted by Gasteiger charge is -2.31. The predicted octanol–water partition coefficient (Wildman–Crippen LogP) is 9.83. The summed E-state index contributed by atoms with van der Waals surface area (Å²) in [5.41, 5.74) is 6.55. The van der Waals surface area contributed by atoms with E-state index in [1.165, 1.54) is 37.7 Å². The lowest BCUT2D eigenvalue weighted by atomic mass is 9.74. The molecule has 6 rings (SSSR count). The molecule has 0 radical (unpaired) electrons. The highest BCUT2D eigenvalue weighted by Gasteiger charge is 2.51. The number of nitrogens with zero attached hydrogens (tertiary/aromatic N) is 5. The molecule has 0 saturated heterocycles. The van der Waals surface area contributed by atoms with E-state index in [1.54, 1.807) is 0 Å². The summed E-state index contributed by atoms with van der Waals surface area (Å²) in [5.74, 6) is 3.89. The van der Waals surface area contributed by atoms with Crippen LogP contribution in [0, 0.1) is 28.6 Å². The molecule has 3 heterocycles. The van der Waals surface area contributed by atoms with Crippen molar-refractivity contribution < 1.29 is 0 Å². The van der Waals surface area contributed by atoms with Crippen LogP contribution in [-0.4, -0.2) is 33.0 Å². The molecular weight excluding hydrogens is 564 g/mol. The summed E-state index contributed by atoms with van der Waals surface area (Å²) in [6.45, 7) is 16.4. The first-order valence-corrected chi connectivity index (χ1v) is 16.4. The number of benzene rings is 1. The molecule has 4 aromatic rings. The van der Waals surface area contributed by atoms with Gasteiger partial charge in [0.25, 0.3) is 0 Å². The van der Waals surface area contributed by atoms with Crippen molar-refractivity contribution in [2.24, 2.45) is 33.6 Å². The molecule has 0 aliphatic heterocycles. The fourth-order valence-electron chi connectivity index (χ4n) is 7.73. The fraction of sp³-hybridized carbons (Fsp3) is 0.459. The number of pyridine rings is 2. The van der Waals surface area contributed by atoms with Crippen LogP contribution in [0.25, 0.3) is 28.2 Å². The molecule has 6 nitrogen and oxygen atoms in total. The average molecular weight is 609 g/mol. The van der Waals surface area contributed by atoms with E-state index in [1.807, 2.05) is 41.3 Å². The molecule has 1 N–H and O–H groups in total. The van der Waals surface area contributed by atoms with E-state index in [2.05, 4.69) is 86.1 Å². The highest BCUT2D eigenvalue weighted by atomic mass is 35.5. The van der Waals surface area contributed by atoms with Gasteiger partial charge in [-0.2, -0.15) is 5.10 Å². The van der Waals surface area contributed by atoms with Crippen LogP contribution in [0.3, 0.4) is 0 Å². The number of hydrogen-bond donors (Lipinski definition) is 1. The number of anilines is 1. The number of fused-ring (bicyclic) bond motifs is 1. The van der Waals surface area contributed by atoms with Gasteiger partial charge in [0.1, 0.15) is 0 Å². The highest BCUT2D eigenvalue weighted by molar-refractivity contribution is 6.33. The van der Waals surface area contributed by atoms with Crippen LogP contribution < -0.4 is 5.32 Å². The molecule has 2 fully saturated rings. The topological polar surface area (TPSA) is 68.0 Å². The van der Waals surface area contributed by atoms with Crippen LogP contribution in [0.15, 0.2) is 66.0 Å². The number of aromatic nitrogens is 4. The normalized spacial score (nSPS) is 23.1. The third kappa shape index (κ3) is 6.19. The summed E-state index contributed by atoms with van der Waals surface area (Å²) in [7, 11) is 0. The van der Waals surface area contributed by atoms with Crippen LogP contribution in [0.4, 0.5) is 11.5 Å². The Morgan fingerprint density at radius 2 is 1.80 bits per heavy atom. The van der Waals surface area contributed by atoms with Crippen molar-refractivity contribution in [3.63, 3.8) is 0 Å². The van der Waals surface area contributed by atoms with Crippen molar-refractivity contribution in [2.45, 2.75) is 73.1 Å². The third-order valence-electron chi connectivity index (χ3n) is 10.3. The Morgan fingerprint density at radius 1 is 1.05 bits per heavy atom. The molecule has 44 heavy (non-hydrogen) atoms. The minimum atomic E-state index is 0.214. The molecule has 2 unspecified atom stereocenters. The van der Waals surface area contributed by atoms with Crippen molar-refractivity contribution in [3.05, 3.63) is 71.6 Å². The number of hydrogen-bond acceptors (Lipinski definition) is 5. The maximum atomic E-state index is 6.79. The Kier molecular flexibility index (Phi) is 8.40. The first kappa shape index (κ1) is 30.5. The Labute approximate surface area is 267 Å². The van der Waals surface area contributed by atoms with Crippen molar-refractivity contribution in [1.82, 2.24) is 19.7 Å². The van der Waals surface area contributed by atoms with E-state index in [9.17, 15) is 0 Å². The van der Waals surface area contributed by atoms with Gasteiger partial charge in [0.2, 0.25) is 0 Å². The van der Waals surface area contributed by atoms with E-state index >= 15 is 0 Å². The van der Waals surface area contributed by atoms with E-state index in [0.717, 1.165) is 58.9 Å². The van der Waals surface area contributed by atoms with Gasteiger partial charge in [-0.15, -0.1) is 0 Å². The van der Waals surface area contributed by atoms with E-state index in [-0.39, 0.29) is 5.41 Å². The van der Waals surface area contributed by atoms with Crippen molar-refractivity contribution in [3.8, 4) is 28.2 Å². The van der Waals surface area contributed by atoms with E-state index in [4.69, 9.17) is 16.6 Å². The van der Waals surface area contributed by atoms with Crippen molar-refractivity contribution in [2.75, 3.05) is 11.9 Å². The molecular formula is C37H45ClN6. The molecule has 0 bridgehead atoms. The molecule has 230 valence electrons. The summed E-state index contributed by atoms with van der Waals surface area (Å²) < 4.78 is 1.84. The van der Waals surface area contributed by atoms with Crippen LogP contribution in [0.5, 0.6) is 0 Å². The highest BCUT2D eigenvalue weighted by Crippen LogP contribution is 2.60. The SMILES string of the molecule is C=Nc1nc(-c2ccc(-c3ccc(-n4cc(CC(C)(C)C)cn4)nc3)cc2)c(Cl)cc1NCCC1CC[C@]2(C)C(C)CC[C@H]12. The first-order chi connectivity index (χ1) is 21.0. The molecule has 2 aliphatic carbocycles. The maximum Gasteiger partial charge on any atom is 0.175 e. The van der Waals surface area contributed by atoms with Gasteiger partial charge >= 0.3 is 0 Å². The van der Waals surface area contributed by atoms with Crippen LogP contribution in [0.1, 0.15) is 72.3 Å². The Bertz CT molecular complexity index is 1620. The second-order valence-electron chi connectivity index (χ2n) is 14.5. The van der Waals surface area contributed by atoms with Crippen molar-refractivity contribution in [1.29, 1.82) is 0 Å². The van der Waals surface area contributed by atoms with Crippen molar-refractivity contribution >= 4 is 29.8 Å². The fourth-order valence-corrected chi connectivity index (χ4v) is 7.99. The zero-order valence-corrected chi connectivity index (χ0v) is 27.5.